The van der Waals surface area contributed by atoms with Crippen LogP contribution in [0.4, 0.5) is 0 Å². The Morgan fingerprint density at radius 3 is 2.90 bits per heavy atom. The van der Waals surface area contributed by atoms with E-state index in [1.807, 2.05) is 35.3 Å². The van der Waals surface area contributed by atoms with Gasteiger partial charge in [-0.05, 0) is 49.9 Å². The van der Waals surface area contributed by atoms with Crippen LogP contribution in [0.5, 0.6) is 0 Å². The number of hydrogen-bond acceptors (Lipinski definition) is 2. The Kier molecular flexibility index (Phi) is 3.81. The molecule has 1 N–H and O–H groups in total. The molecule has 1 aliphatic carbocycles. The molecule has 20 heavy (non-hydrogen) atoms. The predicted molar refractivity (Wildman–Crippen MR) is 81.8 cm³/mol. The molecule has 1 aromatic carbocycles. The molecule has 2 aromatic rings. The van der Waals surface area contributed by atoms with Crippen LogP contribution in [0.15, 0.2) is 42.7 Å². The van der Waals surface area contributed by atoms with Gasteiger partial charge < -0.3 is 5.32 Å². The number of aromatic nitrogens is 2. The van der Waals surface area contributed by atoms with E-state index in [0.717, 1.165) is 18.0 Å². The molecule has 1 fully saturated rings. The first-order valence-electron chi connectivity index (χ1n) is 7.19. The Hall–Kier alpha value is -1.32. The summed E-state index contributed by atoms with van der Waals surface area (Å²) in [5.74, 6) is 0. The second kappa shape index (κ2) is 5.58. The van der Waals surface area contributed by atoms with Crippen LogP contribution in [0.1, 0.15) is 31.7 Å². The third-order valence-electron chi connectivity index (χ3n) is 4.00. The fourth-order valence-electron chi connectivity index (χ4n) is 2.73. The summed E-state index contributed by atoms with van der Waals surface area (Å²) < 4.78 is 1.98. The van der Waals surface area contributed by atoms with Crippen molar-refractivity contribution in [3.05, 3.63) is 53.3 Å². The zero-order valence-corrected chi connectivity index (χ0v) is 12.5. The highest BCUT2D eigenvalue weighted by molar-refractivity contribution is 6.30. The van der Waals surface area contributed by atoms with Crippen molar-refractivity contribution in [2.24, 2.45) is 0 Å². The fraction of sp³-hybridized carbons (Fsp3) is 0.438. The van der Waals surface area contributed by atoms with Gasteiger partial charge >= 0.3 is 0 Å². The van der Waals surface area contributed by atoms with Gasteiger partial charge in [0, 0.05) is 35.5 Å². The van der Waals surface area contributed by atoms with Crippen LogP contribution >= 0.6 is 11.6 Å². The number of benzene rings is 1. The summed E-state index contributed by atoms with van der Waals surface area (Å²) in [7, 11) is 0. The molecule has 1 saturated carbocycles. The zero-order chi connectivity index (χ0) is 14.0. The van der Waals surface area contributed by atoms with Gasteiger partial charge in [-0.15, -0.1) is 0 Å². The maximum absolute atomic E-state index is 6.10. The Bertz CT molecular complexity index is 561. The third kappa shape index (κ3) is 3.05. The maximum atomic E-state index is 6.10. The standard InChI is InChI=1S/C16H20ClN3/c1-13(6-11-20-10-3-9-18-20)19-16(7-8-16)14-4-2-5-15(17)12-14/h2-5,9-10,12-13,19H,6-8,11H2,1H3/t13-/m0/s1. The molecular weight excluding hydrogens is 270 g/mol. The molecule has 0 bridgehead atoms. The minimum absolute atomic E-state index is 0.147. The Morgan fingerprint density at radius 2 is 2.25 bits per heavy atom. The van der Waals surface area contributed by atoms with Crippen LogP contribution in [0.2, 0.25) is 5.02 Å². The van der Waals surface area contributed by atoms with Gasteiger partial charge in [0.2, 0.25) is 0 Å². The molecule has 106 valence electrons. The second-order valence-corrected chi connectivity index (χ2v) is 6.13. The molecule has 1 heterocycles. The molecule has 4 heteroatoms. The van der Waals surface area contributed by atoms with E-state index in [9.17, 15) is 0 Å². The average Bonchev–Trinajstić information content (AvgIpc) is 3.02. The lowest BCUT2D eigenvalue weighted by Crippen LogP contribution is -2.37. The van der Waals surface area contributed by atoms with Crippen molar-refractivity contribution in [1.82, 2.24) is 15.1 Å². The van der Waals surface area contributed by atoms with Crippen molar-refractivity contribution in [1.29, 1.82) is 0 Å². The first kappa shape index (κ1) is 13.7. The molecule has 0 saturated heterocycles. The van der Waals surface area contributed by atoms with Gasteiger partial charge in [0.1, 0.15) is 0 Å². The normalized spacial score (nSPS) is 17.9. The van der Waals surface area contributed by atoms with Crippen molar-refractivity contribution in [3.8, 4) is 0 Å². The summed E-state index contributed by atoms with van der Waals surface area (Å²) in [6.07, 6.45) is 7.30. The number of hydrogen-bond donors (Lipinski definition) is 1. The number of rotatable bonds is 6. The minimum atomic E-state index is 0.147. The maximum Gasteiger partial charge on any atom is 0.0489 e. The quantitative estimate of drug-likeness (QED) is 0.881. The van der Waals surface area contributed by atoms with Gasteiger partial charge in [-0.25, -0.2) is 0 Å². The number of nitrogens with zero attached hydrogens (tertiary/aromatic N) is 2. The van der Waals surface area contributed by atoms with Crippen molar-refractivity contribution >= 4 is 11.6 Å². The Balaban J connectivity index is 1.59. The van der Waals surface area contributed by atoms with Crippen molar-refractivity contribution < 1.29 is 0 Å². The van der Waals surface area contributed by atoms with E-state index in [4.69, 9.17) is 11.6 Å². The van der Waals surface area contributed by atoms with Crippen molar-refractivity contribution in [3.63, 3.8) is 0 Å². The topological polar surface area (TPSA) is 29.9 Å². The summed E-state index contributed by atoms with van der Waals surface area (Å²) in [4.78, 5) is 0. The van der Waals surface area contributed by atoms with Crippen LogP contribution in [-0.2, 0) is 12.1 Å². The molecule has 0 spiro atoms. The molecule has 0 amide bonds. The van der Waals surface area contributed by atoms with Gasteiger partial charge in [0.25, 0.3) is 0 Å². The van der Waals surface area contributed by atoms with Crippen LogP contribution in [0, 0.1) is 0 Å². The highest BCUT2D eigenvalue weighted by Gasteiger charge is 2.44. The van der Waals surface area contributed by atoms with E-state index in [1.54, 1.807) is 0 Å². The zero-order valence-electron chi connectivity index (χ0n) is 11.7. The summed E-state index contributed by atoms with van der Waals surface area (Å²) in [6.45, 7) is 3.20. The first-order valence-corrected chi connectivity index (χ1v) is 7.57. The number of halogens is 1. The molecule has 1 aromatic heterocycles. The van der Waals surface area contributed by atoms with Crippen LogP contribution in [-0.4, -0.2) is 15.8 Å². The van der Waals surface area contributed by atoms with Crippen LogP contribution in [0.3, 0.4) is 0 Å². The van der Waals surface area contributed by atoms with Gasteiger partial charge in [0.05, 0.1) is 0 Å². The van der Waals surface area contributed by atoms with Gasteiger partial charge in [-0.2, -0.15) is 5.10 Å². The number of nitrogens with one attached hydrogen (secondary N) is 1. The lowest BCUT2D eigenvalue weighted by Gasteiger charge is -2.23. The third-order valence-corrected chi connectivity index (χ3v) is 4.24. The average molecular weight is 290 g/mol. The highest BCUT2D eigenvalue weighted by Crippen LogP contribution is 2.46. The Morgan fingerprint density at radius 1 is 1.40 bits per heavy atom. The lowest BCUT2D eigenvalue weighted by molar-refractivity contribution is 0.395. The SMILES string of the molecule is C[C@@H](CCn1cccn1)NC1(c2cccc(Cl)c2)CC1. The highest BCUT2D eigenvalue weighted by atomic mass is 35.5. The van der Waals surface area contributed by atoms with Crippen molar-refractivity contribution in [2.45, 2.75) is 44.3 Å². The van der Waals surface area contributed by atoms with E-state index in [1.165, 1.54) is 18.4 Å². The van der Waals surface area contributed by atoms with E-state index in [0.29, 0.717) is 6.04 Å². The lowest BCUT2D eigenvalue weighted by atomic mass is 10.0. The largest absolute Gasteiger partial charge is 0.305 e. The van der Waals surface area contributed by atoms with Crippen LogP contribution in [0.25, 0.3) is 0 Å². The van der Waals surface area contributed by atoms with E-state index in [-0.39, 0.29) is 5.54 Å². The molecule has 1 atom stereocenters. The summed E-state index contributed by atoms with van der Waals surface area (Å²) in [6, 6.07) is 10.6. The van der Waals surface area contributed by atoms with Crippen LogP contribution < -0.4 is 5.32 Å². The van der Waals surface area contributed by atoms with E-state index in [2.05, 4.69) is 29.5 Å². The molecule has 3 nitrogen and oxygen atoms in total. The van der Waals surface area contributed by atoms with E-state index < -0.39 is 0 Å². The smallest absolute Gasteiger partial charge is 0.0489 e. The molecule has 0 radical (unpaired) electrons. The van der Waals surface area contributed by atoms with Crippen molar-refractivity contribution in [2.75, 3.05) is 0 Å². The Labute approximate surface area is 124 Å². The van der Waals surface area contributed by atoms with Gasteiger partial charge in [0.15, 0.2) is 0 Å². The molecule has 3 rings (SSSR count). The number of aryl methyl sites for hydroxylation is 1. The minimum Gasteiger partial charge on any atom is -0.305 e. The second-order valence-electron chi connectivity index (χ2n) is 5.70. The first-order chi connectivity index (χ1) is 9.68. The van der Waals surface area contributed by atoms with Gasteiger partial charge in [-0.3, -0.25) is 4.68 Å². The van der Waals surface area contributed by atoms with E-state index >= 15 is 0 Å². The monoisotopic (exact) mass is 289 g/mol. The molecule has 1 aliphatic rings. The molecule has 0 aliphatic heterocycles. The summed E-state index contributed by atoms with van der Waals surface area (Å²) >= 11 is 6.10. The predicted octanol–water partition coefficient (Wildman–Crippen LogP) is 3.59. The summed E-state index contributed by atoms with van der Waals surface area (Å²) in [5.41, 5.74) is 1.46. The fourth-order valence-corrected chi connectivity index (χ4v) is 2.92. The van der Waals surface area contributed by atoms with Gasteiger partial charge in [-0.1, -0.05) is 23.7 Å². The summed E-state index contributed by atoms with van der Waals surface area (Å²) in [5, 5.41) is 8.83. The molecule has 0 unspecified atom stereocenters. The molecular formula is C16H20ClN3.